The Hall–Kier alpha value is -1.84. The van der Waals surface area contributed by atoms with Crippen LogP contribution in [0.2, 0.25) is 0 Å². The smallest absolute Gasteiger partial charge is 0.228 e. The maximum atomic E-state index is 12.6. The van der Waals surface area contributed by atoms with Gasteiger partial charge in [0.2, 0.25) is 11.8 Å². The van der Waals surface area contributed by atoms with Crippen LogP contribution in [-0.2, 0) is 9.59 Å². The number of aryl methyl sites for hydroxylation is 1. The zero-order chi connectivity index (χ0) is 15.7. The lowest BCUT2D eigenvalue weighted by atomic mass is 9.97. The molecular weight excluding hydrogens is 276 g/mol. The monoisotopic (exact) mass is 300 g/mol. The van der Waals surface area contributed by atoms with E-state index in [-0.39, 0.29) is 17.7 Å². The number of hydrogen-bond acceptors (Lipinski definition) is 2. The van der Waals surface area contributed by atoms with Crippen LogP contribution in [0.25, 0.3) is 0 Å². The summed E-state index contributed by atoms with van der Waals surface area (Å²) in [7, 11) is 0. The average Bonchev–Trinajstić information content (AvgIpc) is 2.90. The van der Waals surface area contributed by atoms with E-state index >= 15 is 0 Å². The number of rotatable bonds is 2. The molecule has 0 aliphatic carbocycles. The second-order valence-electron chi connectivity index (χ2n) is 6.75. The van der Waals surface area contributed by atoms with Crippen LogP contribution in [0.15, 0.2) is 24.3 Å². The predicted molar refractivity (Wildman–Crippen MR) is 86.6 cm³/mol. The number of hydrogen-bond donors (Lipinski definition) is 0. The zero-order valence-corrected chi connectivity index (χ0v) is 13.4. The highest BCUT2D eigenvalue weighted by molar-refractivity contribution is 6.00. The third-order valence-electron chi connectivity index (χ3n) is 4.92. The largest absolute Gasteiger partial charge is 0.342 e. The highest BCUT2D eigenvalue weighted by Gasteiger charge is 2.37. The van der Waals surface area contributed by atoms with Gasteiger partial charge in [-0.15, -0.1) is 0 Å². The van der Waals surface area contributed by atoms with Crippen molar-refractivity contribution in [1.82, 2.24) is 4.90 Å². The van der Waals surface area contributed by atoms with Gasteiger partial charge < -0.3 is 9.80 Å². The van der Waals surface area contributed by atoms with Gasteiger partial charge in [0.25, 0.3) is 0 Å². The van der Waals surface area contributed by atoms with Crippen molar-refractivity contribution in [1.29, 1.82) is 0 Å². The van der Waals surface area contributed by atoms with Crippen LogP contribution in [0.1, 0.15) is 31.7 Å². The van der Waals surface area contributed by atoms with E-state index in [0.29, 0.717) is 18.9 Å². The van der Waals surface area contributed by atoms with Gasteiger partial charge in [0, 0.05) is 31.7 Å². The first-order chi connectivity index (χ1) is 10.5. The fourth-order valence-corrected chi connectivity index (χ4v) is 3.33. The van der Waals surface area contributed by atoms with E-state index in [1.807, 2.05) is 36.1 Å². The lowest BCUT2D eigenvalue weighted by Crippen LogP contribution is -2.42. The highest BCUT2D eigenvalue weighted by atomic mass is 16.2. The Labute approximate surface area is 132 Å². The van der Waals surface area contributed by atoms with Crippen LogP contribution in [0.4, 0.5) is 5.69 Å². The molecule has 4 heteroatoms. The van der Waals surface area contributed by atoms with E-state index in [9.17, 15) is 9.59 Å². The molecule has 3 rings (SSSR count). The van der Waals surface area contributed by atoms with E-state index in [2.05, 4.69) is 6.92 Å². The molecule has 1 aromatic carbocycles. The van der Waals surface area contributed by atoms with E-state index in [1.54, 1.807) is 4.90 Å². The second-order valence-corrected chi connectivity index (χ2v) is 6.75. The molecule has 0 spiro atoms. The van der Waals surface area contributed by atoms with Gasteiger partial charge in [0.15, 0.2) is 0 Å². The molecule has 0 aromatic heterocycles. The summed E-state index contributed by atoms with van der Waals surface area (Å²) < 4.78 is 0. The molecule has 2 saturated heterocycles. The van der Waals surface area contributed by atoms with Crippen molar-refractivity contribution in [2.75, 3.05) is 24.5 Å². The number of carbonyl (C=O) groups is 2. The van der Waals surface area contributed by atoms with Crippen LogP contribution in [0, 0.1) is 18.8 Å². The topological polar surface area (TPSA) is 40.6 Å². The van der Waals surface area contributed by atoms with Crippen LogP contribution in [0.5, 0.6) is 0 Å². The highest BCUT2D eigenvalue weighted by Crippen LogP contribution is 2.28. The molecule has 22 heavy (non-hydrogen) atoms. The minimum atomic E-state index is -0.179. The lowest BCUT2D eigenvalue weighted by Gasteiger charge is -2.32. The van der Waals surface area contributed by atoms with Crippen molar-refractivity contribution in [2.45, 2.75) is 33.1 Å². The molecule has 2 amide bonds. The Morgan fingerprint density at radius 3 is 2.41 bits per heavy atom. The second kappa shape index (κ2) is 6.11. The molecule has 2 fully saturated rings. The summed E-state index contributed by atoms with van der Waals surface area (Å²) in [4.78, 5) is 28.6. The van der Waals surface area contributed by atoms with Crippen molar-refractivity contribution < 1.29 is 9.59 Å². The van der Waals surface area contributed by atoms with Gasteiger partial charge in [0.1, 0.15) is 0 Å². The number of likely N-dealkylation sites (tertiary alicyclic amines) is 1. The minimum absolute atomic E-state index is 0.0626. The summed E-state index contributed by atoms with van der Waals surface area (Å²) in [6.07, 6.45) is 2.50. The first kappa shape index (κ1) is 15.1. The lowest BCUT2D eigenvalue weighted by molar-refractivity contribution is -0.137. The molecule has 2 aliphatic rings. The van der Waals surface area contributed by atoms with Crippen LogP contribution < -0.4 is 4.90 Å². The SMILES string of the molecule is Cc1ccc(N2CC(C(=O)N3CCC(C)CC3)CC2=O)cc1. The summed E-state index contributed by atoms with van der Waals surface area (Å²) in [6.45, 7) is 6.47. The molecule has 2 aliphatic heterocycles. The molecule has 0 saturated carbocycles. The Kier molecular flexibility index (Phi) is 4.19. The van der Waals surface area contributed by atoms with E-state index in [4.69, 9.17) is 0 Å². The minimum Gasteiger partial charge on any atom is -0.342 e. The predicted octanol–water partition coefficient (Wildman–Crippen LogP) is 2.61. The quantitative estimate of drug-likeness (QED) is 0.842. The van der Waals surface area contributed by atoms with Crippen molar-refractivity contribution >= 4 is 17.5 Å². The van der Waals surface area contributed by atoms with E-state index in [0.717, 1.165) is 31.6 Å². The number of piperidine rings is 1. The van der Waals surface area contributed by atoms with Crippen LogP contribution >= 0.6 is 0 Å². The Bertz CT molecular complexity index is 559. The molecule has 4 nitrogen and oxygen atoms in total. The summed E-state index contributed by atoms with van der Waals surface area (Å²) in [5.74, 6) is 0.753. The van der Waals surface area contributed by atoms with Gasteiger partial charge >= 0.3 is 0 Å². The van der Waals surface area contributed by atoms with Crippen molar-refractivity contribution in [3.63, 3.8) is 0 Å². The molecular formula is C18H24N2O2. The average molecular weight is 300 g/mol. The standard InChI is InChI=1S/C18H24N2O2/c1-13-3-5-16(6-4-13)20-12-15(11-17(20)21)18(22)19-9-7-14(2)8-10-19/h3-6,14-15H,7-12H2,1-2H3. The maximum absolute atomic E-state index is 12.6. The first-order valence-electron chi connectivity index (χ1n) is 8.20. The Morgan fingerprint density at radius 1 is 1.14 bits per heavy atom. The fourth-order valence-electron chi connectivity index (χ4n) is 3.33. The molecule has 0 bridgehead atoms. The van der Waals surface area contributed by atoms with Crippen molar-refractivity contribution in [3.8, 4) is 0 Å². The van der Waals surface area contributed by atoms with Gasteiger partial charge in [-0.2, -0.15) is 0 Å². The number of nitrogens with zero attached hydrogens (tertiary/aromatic N) is 2. The molecule has 1 unspecified atom stereocenters. The van der Waals surface area contributed by atoms with Crippen molar-refractivity contribution in [3.05, 3.63) is 29.8 Å². The maximum Gasteiger partial charge on any atom is 0.228 e. The number of anilines is 1. The normalized spacial score (nSPS) is 23.2. The number of carbonyl (C=O) groups excluding carboxylic acids is 2. The van der Waals surface area contributed by atoms with E-state index < -0.39 is 0 Å². The molecule has 118 valence electrons. The molecule has 1 atom stereocenters. The van der Waals surface area contributed by atoms with Crippen LogP contribution in [0.3, 0.4) is 0 Å². The molecule has 2 heterocycles. The zero-order valence-electron chi connectivity index (χ0n) is 13.4. The molecule has 0 radical (unpaired) electrons. The van der Waals surface area contributed by atoms with Crippen LogP contribution in [-0.4, -0.2) is 36.3 Å². The van der Waals surface area contributed by atoms with E-state index in [1.165, 1.54) is 5.56 Å². The van der Waals surface area contributed by atoms with Gasteiger partial charge in [-0.25, -0.2) is 0 Å². The summed E-state index contributed by atoms with van der Waals surface area (Å²) in [5, 5.41) is 0. The Morgan fingerprint density at radius 2 is 1.77 bits per heavy atom. The third kappa shape index (κ3) is 3.01. The number of amides is 2. The first-order valence-corrected chi connectivity index (χ1v) is 8.20. The summed E-state index contributed by atoms with van der Waals surface area (Å²) in [5.41, 5.74) is 2.07. The summed E-state index contributed by atoms with van der Waals surface area (Å²) in [6, 6.07) is 7.93. The Balaban J connectivity index is 1.66. The molecule has 1 aromatic rings. The molecule has 0 N–H and O–H groups in total. The third-order valence-corrected chi connectivity index (χ3v) is 4.92. The van der Waals surface area contributed by atoms with Gasteiger partial charge in [-0.3, -0.25) is 9.59 Å². The summed E-state index contributed by atoms with van der Waals surface area (Å²) >= 11 is 0. The van der Waals surface area contributed by atoms with Gasteiger partial charge in [-0.05, 0) is 37.8 Å². The van der Waals surface area contributed by atoms with Crippen molar-refractivity contribution in [2.24, 2.45) is 11.8 Å². The number of benzene rings is 1. The van der Waals surface area contributed by atoms with Gasteiger partial charge in [0.05, 0.1) is 5.92 Å². The fraction of sp³-hybridized carbons (Fsp3) is 0.556. The van der Waals surface area contributed by atoms with Gasteiger partial charge in [-0.1, -0.05) is 24.6 Å².